The number of hydrogen-bond acceptors (Lipinski definition) is 7. The topological polar surface area (TPSA) is 78.1 Å². The molecule has 0 saturated heterocycles. The second kappa shape index (κ2) is 8.24. The summed E-state index contributed by atoms with van der Waals surface area (Å²) in [5.41, 5.74) is 0.619. The smallest absolute Gasteiger partial charge is 0.341 e. The number of carbonyl (C=O) groups excluding carboxylic acids is 1. The average molecular weight is 398 g/mol. The molecule has 6 nitrogen and oxygen atoms in total. The van der Waals surface area contributed by atoms with E-state index in [1.807, 2.05) is 0 Å². The summed E-state index contributed by atoms with van der Waals surface area (Å²) in [6, 6.07) is 9.60. The molecule has 0 aliphatic heterocycles. The van der Waals surface area contributed by atoms with Crippen LogP contribution in [0.5, 0.6) is 0 Å². The molecule has 2 aromatic heterocycles. The van der Waals surface area contributed by atoms with E-state index in [4.69, 9.17) is 20.9 Å². The van der Waals surface area contributed by atoms with Crippen LogP contribution in [0.3, 0.4) is 0 Å². The van der Waals surface area contributed by atoms with Crippen LogP contribution in [-0.2, 0) is 11.3 Å². The molecule has 134 valence electrons. The first-order valence-corrected chi connectivity index (χ1v) is 8.44. The molecule has 0 amide bonds. The molecule has 0 spiro atoms. The largest absolute Gasteiger partial charge is 0.452 e. The quantitative estimate of drug-likeness (QED) is 0.449. The van der Waals surface area contributed by atoms with Gasteiger partial charge in [-0.25, -0.2) is 9.78 Å². The lowest BCUT2D eigenvalue weighted by Crippen LogP contribution is -2.08. The molecule has 0 atom stereocenters. The monoisotopic (exact) mass is 397 g/mol. The average Bonchev–Trinajstić information content (AvgIpc) is 3.09. The van der Waals surface area contributed by atoms with Gasteiger partial charge in [-0.1, -0.05) is 16.8 Å². The van der Waals surface area contributed by atoms with Gasteiger partial charge in [0, 0.05) is 16.8 Å². The number of carbonyl (C=O) groups is 1. The Kier molecular flexibility index (Phi) is 5.79. The SMILES string of the molecule is O=C(OCc1nc(-c2ccc(Cl)cc2)no1)c1cccnc1SC(F)F. The number of pyridine rings is 1. The molecule has 0 radical (unpaired) electrons. The summed E-state index contributed by atoms with van der Waals surface area (Å²) in [6.45, 7) is -0.299. The maximum absolute atomic E-state index is 12.5. The van der Waals surface area contributed by atoms with E-state index in [0.717, 1.165) is 0 Å². The van der Waals surface area contributed by atoms with Crippen molar-refractivity contribution in [3.8, 4) is 11.4 Å². The summed E-state index contributed by atoms with van der Waals surface area (Å²) < 4.78 is 35.1. The summed E-state index contributed by atoms with van der Waals surface area (Å²) in [4.78, 5) is 20.0. The van der Waals surface area contributed by atoms with E-state index in [-0.39, 0.29) is 34.8 Å². The third-order valence-corrected chi connectivity index (χ3v) is 4.07. The van der Waals surface area contributed by atoms with Crippen LogP contribution in [0.25, 0.3) is 11.4 Å². The van der Waals surface area contributed by atoms with Gasteiger partial charge in [-0.05, 0) is 48.2 Å². The first-order valence-electron chi connectivity index (χ1n) is 7.18. The van der Waals surface area contributed by atoms with Crippen LogP contribution in [-0.4, -0.2) is 26.9 Å². The zero-order valence-corrected chi connectivity index (χ0v) is 14.5. The van der Waals surface area contributed by atoms with E-state index >= 15 is 0 Å². The Morgan fingerprint density at radius 2 is 2.04 bits per heavy atom. The van der Waals surface area contributed by atoms with Crippen molar-refractivity contribution in [2.45, 2.75) is 17.4 Å². The standard InChI is InChI=1S/C16H10ClF2N3O3S/c17-10-5-3-9(4-6-10)13-21-12(25-22-13)8-24-15(23)11-2-1-7-20-14(11)26-16(18)19/h1-7,16H,8H2. The number of ether oxygens (including phenoxy) is 1. The predicted molar refractivity (Wildman–Crippen MR) is 90.0 cm³/mol. The Balaban J connectivity index is 1.66. The van der Waals surface area contributed by atoms with Crippen molar-refractivity contribution in [1.82, 2.24) is 15.1 Å². The number of aromatic nitrogens is 3. The number of nitrogens with zero attached hydrogens (tertiary/aromatic N) is 3. The first-order chi connectivity index (χ1) is 12.5. The van der Waals surface area contributed by atoms with Crippen molar-refractivity contribution >= 4 is 29.3 Å². The molecule has 10 heteroatoms. The van der Waals surface area contributed by atoms with Crippen LogP contribution in [0, 0.1) is 0 Å². The fraction of sp³-hybridized carbons (Fsp3) is 0.125. The molecule has 1 aromatic carbocycles. The summed E-state index contributed by atoms with van der Waals surface area (Å²) in [5.74, 6) is -3.14. The van der Waals surface area contributed by atoms with Crippen molar-refractivity contribution < 1.29 is 22.8 Å². The fourth-order valence-electron chi connectivity index (χ4n) is 1.96. The van der Waals surface area contributed by atoms with Gasteiger partial charge in [0.15, 0.2) is 6.61 Å². The van der Waals surface area contributed by atoms with Crippen LogP contribution in [0.4, 0.5) is 8.78 Å². The molecular formula is C16H10ClF2N3O3S. The van der Waals surface area contributed by atoms with Crippen molar-refractivity contribution in [1.29, 1.82) is 0 Å². The van der Waals surface area contributed by atoms with Gasteiger partial charge in [0.2, 0.25) is 5.82 Å². The molecule has 0 aliphatic carbocycles. The van der Waals surface area contributed by atoms with Crippen molar-refractivity contribution in [2.75, 3.05) is 0 Å². The highest BCUT2D eigenvalue weighted by atomic mass is 35.5. The number of rotatable bonds is 6. The number of halogens is 3. The zero-order chi connectivity index (χ0) is 18.5. The van der Waals surface area contributed by atoms with Crippen LogP contribution < -0.4 is 0 Å². The van der Waals surface area contributed by atoms with E-state index in [2.05, 4.69) is 15.1 Å². The van der Waals surface area contributed by atoms with Crippen LogP contribution >= 0.6 is 23.4 Å². The Hall–Kier alpha value is -2.52. The molecule has 0 bridgehead atoms. The van der Waals surface area contributed by atoms with Crippen molar-refractivity contribution in [2.24, 2.45) is 0 Å². The summed E-state index contributed by atoms with van der Waals surface area (Å²) >= 11 is 5.99. The van der Waals surface area contributed by atoms with Gasteiger partial charge in [-0.15, -0.1) is 0 Å². The third kappa shape index (κ3) is 4.55. The normalized spacial score (nSPS) is 10.9. The van der Waals surface area contributed by atoms with Gasteiger partial charge in [0.1, 0.15) is 5.03 Å². The van der Waals surface area contributed by atoms with E-state index < -0.39 is 11.7 Å². The Morgan fingerprint density at radius 1 is 1.27 bits per heavy atom. The zero-order valence-electron chi connectivity index (χ0n) is 12.9. The molecule has 0 unspecified atom stereocenters. The minimum Gasteiger partial charge on any atom is -0.452 e. The Morgan fingerprint density at radius 3 is 2.77 bits per heavy atom. The van der Waals surface area contributed by atoms with Crippen LogP contribution in [0.15, 0.2) is 52.1 Å². The first kappa shape index (κ1) is 18.3. The second-order valence-corrected chi connectivity index (χ2v) is 6.24. The fourth-order valence-corrected chi connectivity index (χ4v) is 2.65. The van der Waals surface area contributed by atoms with E-state index in [1.165, 1.54) is 18.3 Å². The Bertz CT molecular complexity index is 906. The number of thioether (sulfide) groups is 1. The minimum atomic E-state index is -2.70. The molecule has 26 heavy (non-hydrogen) atoms. The lowest BCUT2D eigenvalue weighted by atomic mass is 10.2. The maximum atomic E-state index is 12.5. The molecule has 3 rings (SSSR count). The van der Waals surface area contributed by atoms with Gasteiger partial charge in [0.25, 0.3) is 11.6 Å². The molecule has 0 N–H and O–H groups in total. The second-order valence-electron chi connectivity index (χ2n) is 4.83. The van der Waals surface area contributed by atoms with Crippen molar-refractivity contribution in [3.63, 3.8) is 0 Å². The molecule has 2 heterocycles. The Labute approximate surface area is 155 Å². The molecule has 3 aromatic rings. The van der Waals surface area contributed by atoms with Gasteiger partial charge < -0.3 is 9.26 Å². The molecule has 0 fully saturated rings. The number of alkyl halides is 2. The number of benzene rings is 1. The van der Waals surface area contributed by atoms with E-state index in [1.54, 1.807) is 24.3 Å². The lowest BCUT2D eigenvalue weighted by Gasteiger charge is -2.06. The highest BCUT2D eigenvalue weighted by molar-refractivity contribution is 7.99. The van der Waals surface area contributed by atoms with Crippen LogP contribution in [0.1, 0.15) is 16.2 Å². The predicted octanol–water partition coefficient (Wildman–Crippen LogP) is 4.46. The molecular weight excluding hydrogens is 388 g/mol. The highest BCUT2D eigenvalue weighted by Crippen LogP contribution is 2.27. The molecule has 0 saturated carbocycles. The van der Waals surface area contributed by atoms with Crippen LogP contribution in [0.2, 0.25) is 5.02 Å². The highest BCUT2D eigenvalue weighted by Gasteiger charge is 2.19. The summed E-state index contributed by atoms with van der Waals surface area (Å²) in [7, 11) is 0. The number of esters is 1. The third-order valence-electron chi connectivity index (χ3n) is 3.09. The minimum absolute atomic E-state index is 0.0600. The van der Waals surface area contributed by atoms with Gasteiger partial charge in [-0.2, -0.15) is 13.8 Å². The lowest BCUT2D eigenvalue weighted by molar-refractivity contribution is 0.0424. The summed E-state index contributed by atoms with van der Waals surface area (Å²) in [5, 5.41) is 4.25. The van der Waals surface area contributed by atoms with Crippen molar-refractivity contribution in [3.05, 3.63) is 59.1 Å². The van der Waals surface area contributed by atoms with Gasteiger partial charge >= 0.3 is 5.97 Å². The molecule has 0 aliphatic rings. The number of hydrogen-bond donors (Lipinski definition) is 0. The maximum Gasteiger partial charge on any atom is 0.341 e. The van der Waals surface area contributed by atoms with Gasteiger partial charge in [0.05, 0.1) is 5.56 Å². The van der Waals surface area contributed by atoms with E-state index in [9.17, 15) is 13.6 Å². The van der Waals surface area contributed by atoms with Gasteiger partial charge in [-0.3, -0.25) is 0 Å². The summed E-state index contributed by atoms with van der Waals surface area (Å²) in [6.07, 6.45) is 1.32. The van der Waals surface area contributed by atoms with E-state index in [0.29, 0.717) is 16.4 Å².